The van der Waals surface area contributed by atoms with Crippen LogP contribution in [0.25, 0.3) is 0 Å². The average molecular weight is 389 g/mol. The van der Waals surface area contributed by atoms with Crippen molar-refractivity contribution in [3.63, 3.8) is 0 Å². The largest absolute Gasteiger partial charge is 0.442 e. The number of ether oxygens (including phenoxy) is 2. The van der Waals surface area contributed by atoms with Crippen LogP contribution in [-0.4, -0.2) is 57.4 Å². The molecule has 150 valence electrons. The number of amides is 1. The summed E-state index contributed by atoms with van der Waals surface area (Å²) in [5.74, 6) is 0.192. The van der Waals surface area contributed by atoms with Gasteiger partial charge in [0.15, 0.2) is 6.19 Å². The molecule has 0 radical (unpaired) electrons. The van der Waals surface area contributed by atoms with E-state index < -0.39 is 12.2 Å². The molecule has 0 aliphatic carbocycles. The first-order valence-electron chi connectivity index (χ1n) is 9.41. The summed E-state index contributed by atoms with van der Waals surface area (Å²) in [6.45, 7) is 4.94. The fraction of sp³-hybridized carbons (Fsp3) is 0.526. The van der Waals surface area contributed by atoms with Gasteiger partial charge in [-0.15, -0.1) is 0 Å². The van der Waals surface area contributed by atoms with Crippen LogP contribution in [-0.2, 0) is 9.47 Å². The molecule has 0 bridgehead atoms. The van der Waals surface area contributed by atoms with Crippen LogP contribution in [0.2, 0.25) is 0 Å². The predicted octanol–water partition coefficient (Wildman–Crippen LogP) is 2.26. The number of hydrogen-bond donors (Lipinski definition) is 1. The van der Waals surface area contributed by atoms with Gasteiger partial charge in [-0.1, -0.05) is 6.92 Å². The fourth-order valence-corrected chi connectivity index (χ4v) is 3.25. The lowest BCUT2D eigenvalue weighted by Gasteiger charge is -2.29. The second kappa shape index (κ2) is 9.37. The summed E-state index contributed by atoms with van der Waals surface area (Å²) in [5.41, 5.74) is 0.961. The monoisotopic (exact) mass is 389 g/mol. The molecule has 28 heavy (non-hydrogen) atoms. The van der Waals surface area contributed by atoms with E-state index in [9.17, 15) is 9.18 Å². The Hall–Kier alpha value is -2.86. The number of rotatable bonds is 6. The van der Waals surface area contributed by atoms with Crippen LogP contribution in [0.4, 0.5) is 20.6 Å². The number of nitriles is 1. The van der Waals surface area contributed by atoms with E-state index in [0.29, 0.717) is 49.9 Å². The molecule has 1 aromatic carbocycles. The first-order chi connectivity index (χ1) is 13.6. The van der Waals surface area contributed by atoms with Crippen molar-refractivity contribution >= 4 is 23.3 Å². The summed E-state index contributed by atoms with van der Waals surface area (Å²) in [6.07, 6.45) is 2.38. The minimum Gasteiger partial charge on any atom is -0.442 e. The zero-order valence-electron chi connectivity index (χ0n) is 15.9. The Balaban J connectivity index is 1.65. The number of halogens is 1. The van der Waals surface area contributed by atoms with Crippen LogP contribution in [0.3, 0.4) is 0 Å². The topological polar surface area (TPSA) is 90.2 Å². The second-order valence-electron chi connectivity index (χ2n) is 6.63. The van der Waals surface area contributed by atoms with E-state index in [4.69, 9.17) is 14.7 Å². The summed E-state index contributed by atoms with van der Waals surface area (Å²) in [6, 6.07) is 4.77. The molecule has 1 aromatic rings. The van der Waals surface area contributed by atoms with E-state index in [-0.39, 0.29) is 18.9 Å². The van der Waals surface area contributed by atoms with Crippen molar-refractivity contribution in [2.75, 3.05) is 49.2 Å². The molecular weight excluding hydrogens is 365 g/mol. The molecule has 2 aliphatic heterocycles. The number of aliphatic imine (C=N–C) groups is 1. The molecule has 9 heteroatoms. The standard InChI is InChI=1S/C19H24FN5O3/c1-2-3-18(23-13-21)22-11-15-12-25(19(26)28-15)14-4-5-17(16(20)10-14)24-6-8-27-9-7-24/h4-5,10,15H,2-3,6-9,11-12H2,1H3,(H,22,23)/t15-/m0/s1. The highest BCUT2D eigenvalue weighted by Gasteiger charge is 2.32. The summed E-state index contributed by atoms with van der Waals surface area (Å²) in [5, 5.41) is 11.3. The number of carbonyl (C=O) groups excluding carboxylic acids is 1. The van der Waals surface area contributed by atoms with Crippen molar-refractivity contribution in [3.05, 3.63) is 24.0 Å². The van der Waals surface area contributed by atoms with E-state index in [1.165, 1.54) is 11.0 Å². The molecule has 1 N–H and O–H groups in total. The Kier molecular flexibility index (Phi) is 6.66. The molecule has 0 aromatic heterocycles. The van der Waals surface area contributed by atoms with Gasteiger partial charge in [0.05, 0.1) is 37.7 Å². The molecule has 1 atom stereocenters. The van der Waals surface area contributed by atoms with Crippen molar-refractivity contribution in [3.8, 4) is 6.19 Å². The van der Waals surface area contributed by atoms with Gasteiger partial charge in [0, 0.05) is 19.5 Å². The SMILES string of the molecule is CCCC(=NC[C@H]1CN(c2ccc(N3CCOCC3)c(F)c2)C(=O)O1)NC#N. The highest BCUT2D eigenvalue weighted by molar-refractivity contribution is 5.90. The number of nitrogens with one attached hydrogen (secondary N) is 1. The fourth-order valence-electron chi connectivity index (χ4n) is 3.25. The third kappa shape index (κ3) is 4.70. The molecule has 0 saturated carbocycles. The Morgan fingerprint density at radius 3 is 2.89 bits per heavy atom. The summed E-state index contributed by atoms with van der Waals surface area (Å²) in [7, 11) is 0. The molecule has 3 rings (SSSR count). The van der Waals surface area contributed by atoms with Gasteiger partial charge in [-0.25, -0.2) is 9.18 Å². The highest BCUT2D eigenvalue weighted by atomic mass is 19.1. The number of morpholine rings is 1. The van der Waals surface area contributed by atoms with E-state index in [1.54, 1.807) is 12.1 Å². The maximum atomic E-state index is 14.6. The Bertz CT molecular complexity index is 773. The van der Waals surface area contributed by atoms with Gasteiger partial charge in [-0.3, -0.25) is 15.2 Å². The smallest absolute Gasteiger partial charge is 0.414 e. The first-order valence-corrected chi connectivity index (χ1v) is 9.41. The molecule has 0 unspecified atom stereocenters. The number of nitrogens with zero attached hydrogens (tertiary/aromatic N) is 4. The molecule has 2 saturated heterocycles. The Labute approximate surface area is 163 Å². The third-order valence-corrected chi connectivity index (χ3v) is 4.64. The van der Waals surface area contributed by atoms with Crippen molar-refractivity contribution in [1.29, 1.82) is 5.26 Å². The molecule has 2 heterocycles. The minimum atomic E-state index is -0.524. The Morgan fingerprint density at radius 1 is 1.43 bits per heavy atom. The summed E-state index contributed by atoms with van der Waals surface area (Å²) >= 11 is 0. The maximum Gasteiger partial charge on any atom is 0.414 e. The van der Waals surface area contributed by atoms with Gasteiger partial charge in [-0.2, -0.15) is 5.26 Å². The highest BCUT2D eigenvalue weighted by Crippen LogP contribution is 2.28. The van der Waals surface area contributed by atoms with Crippen molar-refractivity contribution in [2.24, 2.45) is 4.99 Å². The quantitative estimate of drug-likeness (QED) is 0.347. The van der Waals surface area contributed by atoms with Gasteiger partial charge < -0.3 is 14.4 Å². The van der Waals surface area contributed by atoms with Crippen LogP contribution in [0.15, 0.2) is 23.2 Å². The number of amidine groups is 1. The van der Waals surface area contributed by atoms with Gasteiger partial charge >= 0.3 is 6.09 Å². The molecular formula is C19H24FN5O3. The molecule has 2 fully saturated rings. The first kappa shape index (κ1) is 19.9. The Morgan fingerprint density at radius 2 is 2.21 bits per heavy atom. The van der Waals surface area contributed by atoms with Crippen LogP contribution in [0, 0.1) is 17.3 Å². The summed E-state index contributed by atoms with van der Waals surface area (Å²) < 4.78 is 25.3. The van der Waals surface area contributed by atoms with Crippen LogP contribution in [0.1, 0.15) is 19.8 Å². The van der Waals surface area contributed by atoms with Gasteiger partial charge in [0.25, 0.3) is 0 Å². The zero-order chi connectivity index (χ0) is 19.9. The number of benzene rings is 1. The third-order valence-electron chi connectivity index (χ3n) is 4.64. The van der Waals surface area contributed by atoms with E-state index >= 15 is 0 Å². The van der Waals surface area contributed by atoms with Crippen LogP contribution < -0.4 is 15.1 Å². The van der Waals surface area contributed by atoms with E-state index in [0.717, 1.165) is 6.42 Å². The van der Waals surface area contributed by atoms with Gasteiger partial charge in [0.1, 0.15) is 17.8 Å². The molecule has 2 aliphatic rings. The maximum absolute atomic E-state index is 14.6. The molecule has 8 nitrogen and oxygen atoms in total. The second-order valence-corrected chi connectivity index (χ2v) is 6.63. The van der Waals surface area contributed by atoms with Crippen molar-refractivity contribution < 1.29 is 18.7 Å². The molecule has 0 spiro atoms. The van der Waals surface area contributed by atoms with E-state index in [1.807, 2.05) is 18.0 Å². The normalized spacial score (nSPS) is 20.1. The molecule has 1 amide bonds. The number of carbonyl (C=O) groups is 1. The van der Waals surface area contributed by atoms with Crippen LogP contribution >= 0.6 is 0 Å². The van der Waals surface area contributed by atoms with Crippen molar-refractivity contribution in [2.45, 2.75) is 25.9 Å². The number of cyclic esters (lactones) is 1. The summed E-state index contributed by atoms with van der Waals surface area (Å²) in [4.78, 5) is 19.9. The lowest BCUT2D eigenvalue weighted by atomic mass is 10.2. The number of hydrogen-bond acceptors (Lipinski definition) is 6. The predicted molar refractivity (Wildman–Crippen MR) is 103 cm³/mol. The average Bonchev–Trinajstić information content (AvgIpc) is 3.08. The van der Waals surface area contributed by atoms with Crippen molar-refractivity contribution in [1.82, 2.24) is 5.32 Å². The lowest BCUT2D eigenvalue weighted by molar-refractivity contribution is 0.122. The van der Waals surface area contributed by atoms with E-state index in [2.05, 4.69) is 10.3 Å². The lowest BCUT2D eigenvalue weighted by Crippen LogP contribution is -2.36. The van der Waals surface area contributed by atoms with Crippen LogP contribution in [0.5, 0.6) is 0 Å². The zero-order valence-corrected chi connectivity index (χ0v) is 15.9. The number of anilines is 2. The van der Waals surface area contributed by atoms with Gasteiger partial charge in [0.2, 0.25) is 0 Å². The minimum absolute atomic E-state index is 0.251. The van der Waals surface area contributed by atoms with Gasteiger partial charge in [-0.05, 0) is 24.6 Å².